The van der Waals surface area contributed by atoms with Gasteiger partial charge in [-0.05, 0) is 24.6 Å². The minimum atomic E-state index is -0.335. The first-order valence-electron chi connectivity index (χ1n) is 4.36. The molecule has 0 amide bonds. The molecule has 0 fully saturated rings. The third-order valence-electron chi connectivity index (χ3n) is 1.74. The van der Waals surface area contributed by atoms with E-state index in [1.807, 2.05) is 0 Å². The molecule has 1 N–H and O–H groups in total. The fourth-order valence-electron chi connectivity index (χ4n) is 1.05. The molecule has 1 aromatic carbocycles. The molecule has 0 spiro atoms. The zero-order valence-electron chi connectivity index (χ0n) is 7.69. The smallest absolute Gasteiger partial charge is 0.147 e. The summed E-state index contributed by atoms with van der Waals surface area (Å²) >= 11 is 5.61. The number of benzene rings is 1. The number of unbranched alkanes of at least 4 members (excludes halogenated alkanes) is 1. The molecule has 1 rings (SSSR count). The van der Waals surface area contributed by atoms with Gasteiger partial charge in [-0.3, -0.25) is 0 Å². The van der Waals surface area contributed by atoms with Crippen LogP contribution in [0.15, 0.2) is 18.2 Å². The maximum atomic E-state index is 13.2. The molecule has 0 saturated heterocycles. The van der Waals surface area contributed by atoms with Gasteiger partial charge in [-0.1, -0.05) is 11.6 Å². The number of hydrogen-bond acceptors (Lipinski definition) is 1. The summed E-state index contributed by atoms with van der Waals surface area (Å²) in [6, 6.07) is 4.55. The van der Waals surface area contributed by atoms with Crippen LogP contribution in [0.4, 0.5) is 10.1 Å². The standard InChI is InChI=1S/C11H11ClFN/c1-2-3-4-7-14-11-6-5-9(12)8-10(11)13/h1,5-6,8,14H,3-4,7H2. The third-order valence-corrected chi connectivity index (χ3v) is 1.98. The lowest BCUT2D eigenvalue weighted by atomic mass is 10.2. The highest BCUT2D eigenvalue weighted by Crippen LogP contribution is 2.18. The molecule has 1 aromatic rings. The fourth-order valence-corrected chi connectivity index (χ4v) is 1.21. The van der Waals surface area contributed by atoms with E-state index in [1.54, 1.807) is 12.1 Å². The summed E-state index contributed by atoms with van der Waals surface area (Å²) in [7, 11) is 0. The highest BCUT2D eigenvalue weighted by molar-refractivity contribution is 6.30. The second-order valence-electron chi connectivity index (χ2n) is 2.86. The molecule has 0 aliphatic rings. The van der Waals surface area contributed by atoms with Crippen LogP contribution >= 0.6 is 11.6 Å². The summed E-state index contributed by atoms with van der Waals surface area (Å²) in [4.78, 5) is 0. The van der Waals surface area contributed by atoms with E-state index in [4.69, 9.17) is 18.0 Å². The van der Waals surface area contributed by atoms with Crippen LogP contribution in [0, 0.1) is 18.2 Å². The molecule has 1 nitrogen and oxygen atoms in total. The molecule has 0 aliphatic heterocycles. The van der Waals surface area contributed by atoms with E-state index in [1.165, 1.54) is 6.07 Å². The van der Waals surface area contributed by atoms with Crippen molar-refractivity contribution < 1.29 is 4.39 Å². The normalized spacial score (nSPS) is 9.50. The summed E-state index contributed by atoms with van der Waals surface area (Å²) in [5.41, 5.74) is 0.464. The van der Waals surface area contributed by atoms with Crippen LogP contribution in [0.1, 0.15) is 12.8 Å². The van der Waals surface area contributed by atoms with Gasteiger partial charge < -0.3 is 5.32 Å². The molecule has 0 unspecified atom stereocenters. The number of nitrogens with one attached hydrogen (secondary N) is 1. The zero-order chi connectivity index (χ0) is 10.4. The van der Waals surface area contributed by atoms with Crippen LogP contribution in [0.3, 0.4) is 0 Å². The van der Waals surface area contributed by atoms with Crippen LogP contribution in [0.25, 0.3) is 0 Å². The summed E-state index contributed by atoms with van der Waals surface area (Å²) in [6.07, 6.45) is 6.62. The monoisotopic (exact) mass is 211 g/mol. The van der Waals surface area contributed by atoms with Gasteiger partial charge in [-0.2, -0.15) is 0 Å². The molecule has 0 aromatic heterocycles. The van der Waals surface area contributed by atoms with Crippen LogP contribution in [0.2, 0.25) is 5.02 Å². The summed E-state index contributed by atoms with van der Waals surface area (Å²) in [6.45, 7) is 0.669. The van der Waals surface area contributed by atoms with E-state index in [0.717, 1.165) is 6.42 Å². The van der Waals surface area contributed by atoms with E-state index >= 15 is 0 Å². The first kappa shape index (κ1) is 10.9. The molecule has 3 heteroatoms. The fraction of sp³-hybridized carbons (Fsp3) is 0.273. The van der Waals surface area contributed by atoms with Crippen LogP contribution < -0.4 is 5.32 Å². The Labute approximate surface area is 88.3 Å². The Morgan fingerprint density at radius 1 is 1.50 bits per heavy atom. The van der Waals surface area contributed by atoms with E-state index in [9.17, 15) is 4.39 Å². The molecule has 14 heavy (non-hydrogen) atoms. The summed E-state index contributed by atoms with van der Waals surface area (Å²) in [5.74, 6) is 2.19. The Morgan fingerprint density at radius 3 is 2.93 bits per heavy atom. The highest BCUT2D eigenvalue weighted by Gasteiger charge is 2.00. The van der Waals surface area contributed by atoms with Crippen LogP contribution in [-0.2, 0) is 0 Å². The van der Waals surface area contributed by atoms with Crippen molar-refractivity contribution in [3.8, 4) is 12.3 Å². The molecule has 0 radical (unpaired) electrons. The SMILES string of the molecule is C#CCCCNc1ccc(Cl)cc1F. The van der Waals surface area contributed by atoms with Crippen LogP contribution in [-0.4, -0.2) is 6.54 Å². The lowest BCUT2D eigenvalue weighted by Gasteiger charge is -2.06. The maximum Gasteiger partial charge on any atom is 0.147 e. The maximum absolute atomic E-state index is 13.2. The van der Waals surface area contributed by atoms with Crippen molar-refractivity contribution in [2.24, 2.45) is 0 Å². The van der Waals surface area contributed by atoms with Gasteiger partial charge in [0.15, 0.2) is 0 Å². The average molecular weight is 212 g/mol. The van der Waals surface area contributed by atoms with Crippen LogP contribution in [0.5, 0.6) is 0 Å². The summed E-state index contributed by atoms with van der Waals surface area (Å²) in [5, 5.41) is 3.35. The predicted octanol–water partition coefficient (Wildman–Crippen LogP) is 3.30. The molecular weight excluding hydrogens is 201 g/mol. The molecule has 0 atom stereocenters. The number of halogens is 2. The lowest BCUT2D eigenvalue weighted by molar-refractivity contribution is 0.630. The van der Waals surface area contributed by atoms with Crippen molar-refractivity contribution in [2.45, 2.75) is 12.8 Å². The molecule has 74 valence electrons. The van der Waals surface area contributed by atoms with Gasteiger partial charge in [-0.15, -0.1) is 12.3 Å². The number of rotatable bonds is 4. The molecule has 0 aliphatic carbocycles. The van der Waals surface area contributed by atoms with Gasteiger partial charge >= 0.3 is 0 Å². The van der Waals surface area contributed by atoms with Crippen molar-refractivity contribution in [1.29, 1.82) is 0 Å². The Morgan fingerprint density at radius 2 is 2.29 bits per heavy atom. The molecule has 0 saturated carbocycles. The second-order valence-corrected chi connectivity index (χ2v) is 3.30. The molecular formula is C11H11ClFN. The van der Waals surface area contributed by atoms with Crippen molar-refractivity contribution in [3.05, 3.63) is 29.0 Å². The quantitative estimate of drug-likeness (QED) is 0.595. The lowest BCUT2D eigenvalue weighted by Crippen LogP contribution is -2.02. The topological polar surface area (TPSA) is 12.0 Å². The zero-order valence-corrected chi connectivity index (χ0v) is 8.44. The van der Waals surface area contributed by atoms with Gasteiger partial charge in [0.25, 0.3) is 0 Å². The number of terminal acetylenes is 1. The first-order chi connectivity index (χ1) is 6.74. The minimum absolute atomic E-state index is 0.335. The largest absolute Gasteiger partial charge is 0.383 e. The predicted molar refractivity (Wildman–Crippen MR) is 58.0 cm³/mol. The Hall–Kier alpha value is -1.20. The van der Waals surface area contributed by atoms with Gasteiger partial charge in [0, 0.05) is 18.0 Å². The second kappa shape index (κ2) is 5.51. The van der Waals surface area contributed by atoms with Crippen molar-refractivity contribution in [3.63, 3.8) is 0 Å². The van der Waals surface area contributed by atoms with E-state index in [2.05, 4.69) is 11.2 Å². The van der Waals surface area contributed by atoms with Gasteiger partial charge in [-0.25, -0.2) is 4.39 Å². The minimum Gasteiger partial charge on any atom is -0.383 e. The van der Waals surface area contributed by atoms with E-state index < -0.39 is 0 Å². The summed E-state index contributed by atoms with van der Waals surface area (Å²) < 4.78 is 13.2. The number of anilines is 1. The van der Waals surface area contributed by atoms with Crippen molar-refractivity contribution in [1.82, 2.24) is 0 Å². The third kappa shape index (κ3) is 3.27. The Kier molecular flexibility index (Phi) is 4.28. The average Bonchev–Trinajstić information content (AvgIpc) is 2.15. The first-order valence-corrected chi connectivity index (χ1v) is 4.74. The number of hydrogen-bond donors (Lipinski definition) is 1. The van der Waals surface area contributed by atoms with Gasteiger partial charge in [0.1, 0.15) is 5.82 Å². The highest BCUT2D eigenvalue weighted by atomic mass is 35.5. The molecule has 0 heterocycles. The van der Waals surface area contributed by atoms with Gasteiger partial charge in [0.05, 0.1) is 5.69 Å². The van der Waals surface area contributed by atoms with E-state index in [0.29, 0.717) is 23.7 Å². The van der Waals surface area contributed by atoms with Crippen molar-refractivity contribution >= 4 is 17.3 Å². The van der Waals surface area contributed by atoms with E-state index in [-0.39, 0.29) is 5.82 Å². The van der Waals surface area contributed by atoms with Crippen molar-refractivity contribution in [2.75, 3.05) is 11.9 Å². The Balaban J connectivity index is 2.47. The molecule has 0 bridgehead atoms. The van der Waals surface area contributed by atoms with Gasteiger partial charge in [0.2, 0.25) is 0 Å². The Bertz CT molecular complexity index is 344.